The number of aromatic hydroxyl groups is 1. The Morgan fingerprint density at radius 1 is 1.23 bits per heavy atom. The summed E-state index contributed by atoms with van der Waals surface area (Å²) in [6.07, 6.45) is 0.421. The van der Waals surface area contributed by atoms with Crippen LogP contribution in [0.2, 0.25) is 0 Å². The summed E-state index contributed by atoms with van der Waals surface area (Å²) >= 11 is 0. The zero-order valence-electron chi connectivity index (χ0n) is 6.91. The van der Waals surface area contributed by atoms with E-state index in [4.69, 9.17) is 5.11 Å². The molecule has 72 valence electrons. The van der Waals surface area contributed by atoms with Crippen molar-refractivity contribution in [2.45, 2.75) is 13.0 Å². The summed E-state index contributed by atoms with van der Waals surface area (Å²) in [6.45, 7) is -2.72. The van der Waals surface area contributed by atoms with Gasteiger partial charge in [-0.1, -0.05) is 12.1 Å². The van der Waals surface area contributed by atoms with Gasteiger partial charge in [0.25, 0.3) is 0 Å². The van der Waals surface area contributed by atoms with Gasteiger partial charge in [0, 0.05) is 0 Å². The number of alkyl halides is 2. The van der Waals surface area contributed by atoms with Crippen molar-refractivity contribution < 1.29 is 18.6 Å². The van der Waals surface area contributed by atoms with Gasteiger partial charge in [0.1, 0.15) is 5.75 Å². The fourth-order valence-electron chi connectivity index (χ4n) is 0.928. The Morgan fingerprint density at radius 2 is 1.85 bits per heavy atom. The molecule has 4 heteroatoms. The van der Waals surface area contributed by atoms with Crippen LogP contribution in [0.15, 0.2) is 24.3 Å². The molecule has 1 rings (SSSR count). The highest BCUT2D eigenvalue weighted by Crippen LogP contribution is 2.10. The molecule has 0 atom stereocenters. The number of hydrogen-bond donors (Lipinski definition) is 1. The molecule has 0 saturated carbocycles. The number of halogens is 2. The number of hydrogen-bond acceptors (Lipinski definition) is 2. The van der Waals surface area contributed by atoms with Gasteiger partial charge in [-0.2, -0.15) is 8.78 Å². The van der Waals surface area contributed by atoms with E-state index >= 15 is 0 Å². The minimum absolute atomic E-state index is 0.0115. The molecular formula is C9H10F2O2. The second-order valence-electron chi connectivity index (χ2n) is 2.55. The Bertz CT molecular complexity index is 246. The summed E-state index contributed by atoms with van der Waals surface area (Å²) in [5, 5.41) is 8.92. The molecule has 0 saturated heterocycles. The van der Waals surface area contributed by atoms with E-state index in [2.05, 4.69) is 4.74 Å². The van der Waals surface area contributed by atoms with Crippen LogP contribution in [-0.4, -0.2) is 18.3 Å². The molecule has 13 heavy (non-hydrogen) atoms. The molecule has 0 fully saturated rings. The Kier molecular flexibility index (Phi) is 3.64. The van der Waals surface area contributed by atoms with Crippen molar-refractivity contribution in [3.63, 3.8) is 0 Å². The van der Waals surface area contributed by atoms with Crippen molar-refractivity contribution in [3.05, 3.63) is 29.8 Å². The monoisotopic (exact) mass is 188 g/mol. The third-order valence-electron chi connectivity index (χ3n) is 1.57. The fraction of sp³-hybridized carbons (Fsp3) is 0.333. The Labute approximate surface area is 74.8 Å². The summed E-state index contributed by atoms with van der Waals surface area (Å²) < 4.78 is 27.2. The van der Waals surface area contributed by atoms with Crippen LogP contribution in [0, 0.1) is 0 Å². The van der Waals surface area contributed by atoms with Crippen molar-refractivity contribution >= 4 is 0 Å². The first-order chi connectivity index (χ1) is 6.18. The van der Waals surface area contributed by atoms with Crippen molar-refractivity contribution in [3.8, 4) is 5.75 Å². The maximum atomic E-state index is 11.5. The van der Waals surface area contributed by atoms with Crippen LogP contribution in [0.25, 0.3) is 0 Å². The van der Waals surface area contributed by atoms with Gasteiger partial charge in [0.15, 0.2) is 0 Å². The molecule has 1 aromatic carbocycles. The molecule has 0 aliphatic heterocycles. The molecule has 1 N–H and O–H groups in total. The van der Waals surface area contributed by atoms with Crippen LogP contribution in [0.3, 0.4) is 0 Å². The van der Waals surface area contributed by atoms with Gasteiger partial charge in [-0.15, -0.1) is 0 Å². The van der Waals surface area contributed by atoms with Crippen molar-refractivity contribution in [2.24, 2.45) is 0 Å². The smallest absolute Gasteiger partial charge is 0.345 e. The van der Waals surface area contributed by atoms with Crippen LogP contribution in [-0.2, 0) is 11.2 Å². The maximum absolute atomic E-state index is 11.5. The highest BCUT2D eigenvalue weighted by Gasteiger charge is 2.00. The van der Waals surface area contributed by atoms with Gasteiger partial charge in [0.2, 0.25) is 0 Å². The lowest BCUT2D eigenvalue weighted by atomic mass is 10.1. The standard InChI is InChI=1S/C9H10F2O2/c10-9(11)13-6-5-7-1-3-8(12)4-2-7/h1-4,9,12H,5-6H2. The SMILES string of the molecule is Oc1ccc(CCOC(F)F)cc1. The first kappa shape index (κ1) is 9.92. The molecule has 0 spiro atoms. The first-order valence-electron chi connectivity index (χ1n) is 3.86. The molecular weight excluding hydrogens is 178 g/mol. The minimum atomic E-state index is -2.71. The predicted molar refractivity (Wildman–Crippen MR) is 43.8 cm³/mol. The van der Waals surface area contributed by atoms with E-state index in [1.54, 1.807) is 12.1 Å². The lowest BCUT2D eigenvalue weighted by Gasteiger charge is -2.02. The Hall–Kier alpha value is -1.16. The predicted octanol–water partition coefficient (Wildman–Crippen LogP) is 2.17. The zero-order valence-corrected chi connectivity index (χ0v) is 6.91. The second kappa shape index (κ2) is 4.77. The molecule has 0 aromatic heterocycles. The summed E-state index contributed by atoms with van der Waals surface area (Å²) in [5.74, 6) is 0.165. The van der Waals surface area contributed by atoms with E-state index in [9.17, 15) is 8.78 Å². The van der Waals surface area contributed by atoms with E-state index in [-0.39, 0.29) is 12.4 Å². The number of benzene rings is 1. The highest BCUT2D eigenvalue weighted by molar-refractivity contribution is 5.25. The Balaban J connectivity index is 2.33. The number of rotatable bonds is 4. The molecule has 0 aliphatic carbocycles. The van der Waals surface area contributed by atoms with Gasteiger partial charge in [-0.25, -0.2) is 0 Å². The molecule has 0 radical (unpaired) electrons. The number of ether oxygens (including phenoxy) is 1. The summed E-state index contributed by atoms with van der Waals surface area (Å²) in [4.78, 5) is 0. The van der Waals surface area contributed by atoms with Crippen LogP contribution in [0.5, 0.6) is 5.75 Å². The topological polar surface area (TPSA) is 29.5 Å². The third-order valence-corrected chi connectivity index (χ3v) is 1.57. The molecule has 0 unspecified atom stereocenters. The van der Waals surface area contributed by atoms with E-state index in [1.807, 2.05) is 0 Å². The minimum Gasteiger partial charge on any atom is -0.508 e. The van der Waals surface area contributed by atoms with E-state index in [0.29, 0.717) is 6.42 Å². The molecule has 0 heterocycles. The van der Waals surface area contributed by atoms with E-state index < -0.39 is 6.61 Å². The average molecular weight is 188 g/mol. The summed E-state index contributed by atoms with van der Waals surface area (Å²) in [5.41, 5.74) is 0.860. The second-order valence-corrected chi connectivity index (χ2v) is 2.55. The quantitative estimate of drug-likeness (QED) is 0.784. The summed E-state index contributed by atoms with van der Waals surface area (Å²) in [6, 6.07) is 6.36. The van der Waals surface area contributed by atoms with Crippen LogP contribution >= 0.6 is 0 Å². The van der Waals surface area contributed by atoms with Crippen LogP contribution in [0.4, 0.5) is 8.78 Å². The maximum Gasteiger partial charge on any atom is 0.345 e. The Morgan fingerprint density at radius 3 is 2.38 bits per heavy atom. The van der Waals surface area contributed by atoms with Gasteiger partial charge >= 0.3 is 6.61 Å². The zero-order chi connectivity index (χ0) is 9.68. The van der Waals surface area contributed by atoms with Crippen molar-refractivity contribution in [1.82, 2.24) is 0 Å². The fourth-order valence-corrected chi connectivity index (χ4v) is 0.928. The van der Waals surface area contributed by atoms with Gasteiger partial charge in [-0.3, -0.25) is 0 Å². The largest absolute Gasteiger partial charge is 0.508 e. The van der Waals surface area contributed by atoms with Crippen molar-refractivity contribution in [1.29, 1.82) is 0 Å². The summed E-state index contributed by atoms with van der Waals surface area (Å²) in [7, 11) is 0. The normalized spacial score (nSPS) is 10.7. The first-order valence-corrected chi connectivity index (χ1v) is 3.86. The average Bonchev–Trinajstić information content (AvgIpc) is 2.08. The number of phenols is 1. The number of phenolic OH excluding ortho intramolecular Hbond substituents is 1. The van der Waals surface area contributed by atoms with Gasteiger partial charge < -0.3 is 9.84 Å². The molecule has 0 amide bonds. The van der Waals surface area contributed by atoms with Gasteiger partial charge in [0.05, 0.1) is 6.61 Å². The van der Waals surface area contributed by atoms with Crippen LogP contribution in [0.1, 0.15) is 5.56 Å². The lowest BCUT2D eigenvalue weighted by molar-refractivity contribution is -0.127. The molecule has 0 aliphatic rings. The van der Waals surface area contributed by atoms with Crippen LogP contribution < -0.4 is 0 Å². The molecule has 0 bridgehead atoms. The highest BCUT2D eigenvalue weighted by atomic mass is 19.3. The molecule has 2 nitrogen and oxygen atoms in total. The van der Waals surface area contributed by atoms with E-state index in [0.717, 1.165) is 5.56 Å². The van der Waals surface area contributed by atoms with Gasteiger partial charge in [-0.05, 0) is 24.1 Å². The van der Waals surface area contributed by atoms with Crippen molar-refractivity contribution in [2.75, 3.05) is 6.61 Å². The lowest BCUT2D eigenvalue weighted by Crippen LogP contribution is -2.03. The molecule has 1 aromatic rings. The van der Waals surface area contributed by atoms with E-state index in [1.165, 1.54) is 12.1 Å². The third kappa shape index (κ3) is 3.85.